The number of hydrogen-bond donors (Lipinski definition) is 2. The molecular formula is C9H15N3O2. The molecule has 2 N–H and O–H groups in total. The van der Waals surface area contributed by atoms with Crippen LogP contribution in [-0.2, 0) is 4.79 Å². The molecule has 2 heterocycles. The van der Waals surface area contributed by atoms with Crippen LogP contribution < -0.4 is 10.6 Å². The molecule has 0 aromatic rings. The summed E-state index contributed by atoms with van der Waals surface area (Å²) in [6, 6.07) is -0.236. The Morgan fingerprint density at radius 2 is 2.29 bits per heavy atom. The molecule has 2 aliphatic heterocycles. The first-order valence-corrected chi connectivity index (χ1v) is 5.04. The first-order chi connectivity index (χ1) is 6.69. The number of hydrogen-bond acceptors (Lipinski definition) is 3. The number of rotatable bonds is 2. The van der Waals surface area contributed by atoms with Crippen molar-refractivity contribution in [1.29, 1.82) is 0 Å². The van der Waals surface area contributed by atoms with Crippen molar-refractivity contribution in [1.82, 2.24) is 15.5 Å². The van der Waals surface area contributed by atoms with Gasteiger partial charge in [0.25, 0.3) is 5.91 Å². The van der Waals surface area contributed by atoms with Crippen molar-refractivity contribution < 1.29 is 9.59 Å². The Morgan fingerprint density at radius 3 is 2.86 bits per heavy atom. The van der Waals surface area contributed by atoms with Gasteiger partial charge in [0, 0.05) is 13.1 Å². The number of nitrogens with zero attached hydrogens (tertiary/aromatic N) is 1. The van der Waals surface area contributed by atoms with Crippen LogP contribution in [-0.4, -0.2) is 42.0 Å². The lowest BCUT2D eigenvalue weighted by Crippen LogP contribution is -2.48. The maximum absolute atomic E-state index is 11.9. The fourth-order valence-electron chi connectivity index (χ4n) is 2.08. The van der Waals surface area contributed by atoms with Crippen molar-refractivity contribution in [3.63, 3.8) is 0 Å². The number of nitrogens with one attached hydrogen (secondary N) is 2. The van der Waals surface area contributed by atoms with E-state index in [9.17, 15) is 9.59 Å². The van der Waals surface area contributed by atoms with Crippen LogP contribution in [0.3, 0.4) is 0 Å². The first kappa shape index (κ1) is 9.45. The smallest absolute Gasteiger partial charge is 0.322 e. The summed E-state index contributed by atoms with van der Waals surface area (Å²) >= 11 is 0. The second kappa shape index (κ2) is 3.24. The maximum Gasteiger partial charge on any atom is 0.325 e. The average Bonchev–Trinajstić information content (AvgIpc) is 2.69. The Hall–Kier alpha value is -1.10. The standard InChI is InChI=1S/C9H15N3O2/c1-2-5-12-7(13)9(11-8(12)14)3-4-10-6-9/h10H,2-6H2,1H3,(H,11,14). The molecule has 14 heavy (non-hydrogen) atoms. The SMILES string of the molecule is CCCN1C(=O)NC2(CCNC2)C1=O. The molecule has 5 nitrogen and oxygen atoms in total. The number of carbonyl (C=O) groups excluding carboxylic acids is 2. The third kappa shape index (κ3) is 1.19. The molecule has 0 bridgehead atoms. The van der Waals surface area contributed by atoms with Gasteiger partial charge < -0.3 is 10.6 Å². The van der Waals surface area contributed by atoms with E-state index in [4.69, 9.17) is 0 Å². The Bertz CT molecular complexity index is 271. The lowest BCUT2D eigenvalue weighted by atomic mass is 9.99. The van der Waals surface area contributed by atoms with Gasteiger partial charge in [0.1, 0.15) is 5.54 Å². The topological polar surface area (TPSA) is 61.4 Å². The third-order valence-corrected chi connectivity index (χ3v) is 2.85. The van der Waals surface area contributed by atoms with Crippen LogP contribution in [0.2, 0.25) is 0 Å². The third-order valence-electron chi connectivity index (χ3n) is 2.85. The largest absolute Gasteiger partial charge is 0.325 e. The van der Waals surface area contributed by atoms with Crippen molar-refractivity contribution in [2.24, 2.45) is 0 Å². The van der Waals surface area contributed by atoms with Gasteiger partial charge in [-0.3, -0.25) is 9.69 Å². The van der Waals surface area contributed by atoms with E-state index in [1.54, 1.807) is 0 Å². The van der Waals surface area contributed by atoms with E-state index in [1.807, 2.05) is 6.92 Å². The Morgan fingerprint density at radius 1 is 1.50 bits per heavy atom. The highest BCUT2D eigenvalue weighted by Crippen LogP contribution is 2.24. The maximum atomic E-state index is 11.9. The van der Waals surface area contributed by atoms with E-state index in [2.05, 4.69) is 10.6 Å². The van der Waals surface area contributed by atoms with Gasteiger partial charge in [-0.15, -0.1) is 0 Å². The van der Waals surface area contributed by atoms with Crippen LogP contribution in [0, 0.1) is 0 Å². The van der Waals surface area contributed by atoms with Crippen LogP contribution in [0.5, 0.6) is 0 Å². The lowest BCUT2D eigenvalue weighted by molar-refractivity contribution is -0.130. The van der Waals surface area contributed by atoms with E-state index in [0.29, 0.717) is 19.5 Å². The molecule has 0 saturated carbocycles. The summed E-state index contributed by atoms with van der Waals surface area (Å²) in [4.78, 5) is 24.8. The molecule has 0 aromatic carbocycles. The van der Waals surface area contributed by atoms with Crippen LogP contribution in [0.1, 0.15) is 19.8 Å². The van der Waals surface area contributed by atoms with Crippen LogP contribution in [0.25, 0.3) is 0 Å². The van der Waals surface area contributed by atoms with Gasteiger partial charge in [0.15, 0.2) is 0 Å². The molecule has 0 radical (unpaired) electrons. The summed E-state index contributed by atoms with van der Waals surface area (Å²) in [5.41, 5.74) is -0.633. The van der Waals surface area contributed by atoms with Gasteiger partial charge in [-0.2, -0.15) is 0 Å². The van der Waals surface area contributed by atoms with Crippen molar-refractivity contribution >= 4 is 11.9 Å². The number of urea groups is 1. The molecule has 1 atom stereocenters. The Kier molecular flexibility index (Phi) is 2.19. The van der Waals surface area contributed by atoms with Crippen molar-refractivity contribution in [3.8, 4) is 0 Å². The summed E-state index contributed by atoms with van der Waals surface area (Å²) in [6.45, 7) is 3.84. The second-order valence-corrected chi connectivity index (χ2v) is 3.90. The molecule has 3 amide bonds. The van der Waals surface area contributed by atoms with Gasteiger partial charge in [-0.1, -0.05) is 6.92 Å². The average molecular weight is 197 g/mol. The highest BCUT2D eigenvalue weighted by Gasteiger charge is 2.52. The molecule has 2 aliphatic rings. The second-order valence-electron chi connectivity index (χ2n) is 3.90. The quantitative estimate of drug-likeness (QED) is 0.596. The minimum absolute atomic E-state index is 0.0608. The summed E-state index contributed by atoms with van der Waals surface area (Å²) in [7, 11) is 0. The van der Waals surface area contributed by atoms with Gasteiger partial charge in [0.05, 0.1) is 0 Å². The zero-order valence-corrected chi connectivity index (χ0v) is 8.30. The van der Waals surface area contributed by atoms with Gasteiger partial charge in [-0.25, -0.2) is 4.79 Å². The lowest BCUT2D eigenvalue weighted by Gasteiger charge is -2.18. The molecule has 0 aromatic heterocycles. The molecule has 2 saturated heterocycles. The van der Waals surface area contributed by atoms with Crippen molar-refractivity contribution in [3.05, 3.63) is 0 Å². The van der Waals surface area contributed by atoms with Crippen LogP contribution in [0.15, 0.2) is 0 Å². The highest BCUT2D eigenvalue weighted by molar-refractivity contribution is 6.07. The summed E-state index contributed by atoms with van der Waals surface area (Å²) < 4.78 is 0. The molecule has 2 fully saturated rings. The predicted molar refractivity (Wildman–Crippen MR) is 50.8 cm³/mol. The molecule has 78 valence electrons. The summed E-state index contributed by atoms with van der Waals surface area (Å²) in [5, 5.41) is 5.90. The molecule has 2 rings (SSSR count). The van der Waals surface area contributed by atoms with Crippen molar-refractivity contribution in [2.45, 2.75) is 25.3 Å². The molecule has 5 heteroatoms. The minimum Gasteiger partial charge on any atom is -0.322 e. The zero-order valence-electron chi connectivity index (χ0n) is 8.30. The van der Waals surface area contributed by atoms with Gasteiger partial charge in [0.2, 0.25) is 0 Å². The molecule has 0 aliphatic carbocycles. The fourth-order valence-corrected chi connectivity index (χ4v) is 2.08. The monoisotopic (exact) mass is 197 g/mol. The first-order valence-electron chi connectivity index (χ1n) is 5.04. The van der Waals surface area contributed by atoms with Gasteiger partial charge in [-0.05, 0) is 19.4 Å². The zero-order chi connectivity index (χ0) is 10.2. The highest BCUT2D eigenvalue weighted by atomic mass is 16.2. The predicted octanol–water partition coefficient (Wildman–Crippen LogP) is -0.320. The van der Waals surface area contributed by atoms with Crippen molar-refractivity contribution in [2.75, 3.05) is 19.6 Å². The Balaban J connectivity index is 2.18. The molecular weight excluding hydrogens is 182 g/mol. The van der Waals surface area contributed by atoms with E-state index in [1.165, 1.54) is 4.90 Å². The van der Waals surface area contributed by atoms with Gasteiger partial charge >= 0.3 is 6.03 Å². The molecule has 1 unspecified atom stereocenters. The minimum atomic E-state index is -0.633. The van der Waals surface area contributed by atoms with E-state index < -0.39 is 5.54 Å². The van der Waals surface area contributed by atoms with E-state index in [-0.39, 0.29) is 11.9 Å². The van der Waals surface area contributed by atoms with Crippen LogP contribution in [0.4, 0.5) is 4.79 Å². The summed E-state index contributed by atoms with van der Waals surface area (Å²) in [5.74, 6) is -0.0608. The summed E-state index contributed by atoms with van der Waals surface area (Å²) in [6.07, 6.45) is 1.51. The van der Waals surface area contributed by atoms with Crippen LogP contribution >= 0.6 is 0 Å². The number of imide groups is 1. The van der Waals surface area contributed by atoms with E-state index in [0.717, 1.165) is 13.0 Å². The van der Waals surface area contributed by atoms with E-state index >= 15 is 0 Å². The fraction of sp³-hybridized carbons (Fsp3) is 0.778. The normalized spacial score (nSPS) is 31.6. The number of amides is 3. The number of carbonyl (C=O) groups is 2. The Labute approximate surface area is 82.8 Å². The molecule has 1 spiro atoms.